The lowest BCUT2D eigenvalue weighted by Crippen LogP contribution is -2.61. The van der Waals surface area contributed by atoms with Crippen LogP contribution in [0.25, 0.3) is 0 Å². The normalized spacial score (nSPS) is 20.4. The zero-order valence-electron chi connectivity index (χ0n) is 10.9. The van der Waals surface area contributed by atoms with Gasteiger partial charge in [-0.25, -0.2) is 0 Å². The first kappa shape index (κ1) is 12.8. The van der Waals surface area contributed by atoms with Gasteiger partial charge in [0.25, 0.3) is 5.91 Å². The SMILES string of the molecule is O=C(COc1ccccc1Cl)N1CCC12CCCC2. The molecule has 1 spiro atoms. The number of halogens is 1. The van der Waals surface area contributed by atoms with E-state index < -0.39 is 0 Å². The van der Waals surface area contributed by atoms with Crippen molar-refractivity contribution in [2.75, 3.05) is 13.2 Å². The van der Waals surface area contributed by atoms with Crippen LogP contribution in [0, 0.1) is 0 Å². The van der Waals surface area contributed by atoms with Crippen molar-refractivity contribution >= 4 is 17.5 Å². The van der Waals surface area contributed by atoms with Crippen molar-refractivity contribution in [2.24, 2.45) is 0 Å². The van der Waals surface area contributed by atoms with E-state index in [-0.39, 0.29) is 18.1 Å². The number of ether oxygens (including phenoxy) is 1. The number of carbonyl (C=O) groups excluding carboxylic acids is 1. The summed E-state index contributed by atoms with van der Waals surface area (Å²) in [6.45, 7) is 0.968. The van der Waals surface area contributed by atoms with E-state index in [0.29, 0.717) is 10.8 Å². The summed E-state index contributed by atoms with van der Waals surface area (Å²) in [5.41, 5.74) is 0.168. The molecule has 1 aliphatic carbocycles. The van der Waals surface area contributed by atoms with Gasteiger partial charge in [-0.15, -0.1) is 0 Å². The number of nitrogens with zero attached hydrogens (tertiary/aromatic N) is 1. The van der Waals surface area contributed by atoms with Gasteiger partial charge < -0.3 is 9.64 Å². The van der Waals surface area contributed by atoms with Gasteiger partial charge in [-0.2, -0.15) is 0 Å². The largest absolute Gasteiger partial charge is 0.482 e. The smallest absolute Gasteiger partial charge is 0.260 e. The molecule has 1 aromatic carbocycles. The highest BCUT2D eigenvalue weighted by Crippen LogP contribution is 2.44. The number of hydrogen-bond donors (Lipinski definition) is 0. The molecule has 0 radical (unpaired) electrons. The van der Waals surface area contributed by atoms with Crippen LogP contribution >= 0.6 is 11.6 Å². The molecule has 1 aliphatic heterocycles. The summed E-state index contributed by atoms with van der Waals surface area (Å²) in [4.78, 5) is 14.2. The van der Waals surface area contributed by atoms with Crippen LogP contribution in [0.2, 0.25) is 5.02 Å². The maximum atomic E-state index is 12.2. The van der Waals surface area contributed by atoms with E-state index >= 15 is 0 Å². The topological polar surface area (TPSA) is 29.5 Å². The van der Waals surface area contributed by atoms with Gasteiger partial charge in [0.2, 0.25) is 0 Å². The number of benzene rings is 1. The first-order valence-electron chi connectivity index (χ1n) is 6.89. The van der Waals surface area contributed by atoms with Crippen molar-refractivity contribution in [1.82, 2.24) is 4.90 Å². The molecule has 4 heteroatoms. The highest BCUT2D eigenvalue weighted by Gasteiger charge is 2.48. The number of likely N-dealkylation sites (tertiary alicyclic amines) is 1. The fourth-order valence-corrected chi connectivity index (χ4v) is 3.45. The minimum absolute atomic E-state index is 0.0888. The molecule has 1 saturated carbocycles. The summed E-state index contributed by atoms with van der Waals surface area (Å²) in [7, 11) is 0. The summed E-state index contributed by atoms with van der Waals surface area (Å²) >= 11 is 6.01. The molecular weight excluding hydrogens is 262 g/mol. The molecule has 1 saturated heterocycles. The second-order valence-electron chi connectivity index (χ2n) is 5.45. The van der Waals surface area contributed by atoms with Gasteiger partial charge in [-0.05, 0) is 31.4 Å². The predicted octanol–water partition coefficient (Wildman–Crippen LogP) is 3.26. The van der Waals surface area contributed by atoms with Crippen LogP contribution in [0.15, 0.2) is 24.3 Å². The summed E-state index contributed by atoms with van der Waals surface area (Å²) in [6.07, 6.45) is 5.96. The van der Waals surface area contributed by atoms with Crippen molar-refractivity contribution in [1.29, 1.82) is 0 Å². The molecule has 1 amide bonds. The Labute approximate surface area is 118 Å². The number of hydrogen-bond acceptors (Lipinski definition) is 2. The van der Waals surface area contributed by atoms with Gasteiger partial charge in [0, 0.05) is 12.1 Å². The Kier molecular flexibility index (Phi) is 3.40. The quantitative estimate of drug-likeness (QED) is 0.850. The Morgan fingerprint density at radius 2 is 2.00 bits per heavy atom. The van der Waals surface area contributed by atoms with Crippen LogP contribution < -0.4 is 4.74 Å². The first-order valence-corrected chi connectivity index (χ1v) is 7.27. The van der Waals surface area contributed by atoms with Crippen molar-refractivity contribution in [3.05, 3.63) is 29.3 Å². The highest BCUT2D eigenvalue weighted by molar-refractivity contribution is 6.32. The van der Waals surface area contributed by atoms with E-state index in [1.165, 1.54) is 12.8 Å². The number of para-hydroxylation sites is 1. The van der Waals surface area contributed by atoms with Crippen LogP contribution in [0.3, 0.4) is 0 Å². The van der Waals surface area contributed by atoms with E-state index in [2.05, 4.69) is 0 Å². The van der Waals surface area contributed by atoms with E-state index in [1.807, 2.05) is 17.0 Å². The molecule has 1 heterocycles. The van der Waals surface area contributed by atoms with Crippen LogP contribution in [-0.4, -0.2) is 29.5 Å². The fourth-order valence-electron chi connectivity index (χ4n) is 3.26. The predicted molar refractivity (Wildman–Crippen MR) is 74.5 cm³/mol. The molecule has 102 valence electrons. The lowest BCUT2D eigenvalue weighted by molar-refractivity contribution is -0.149. The summed E-state index contributed by atoms with van der Waals surface area (Å²) in [5, 5.41) is 0.550. The maximum absolute atomic E-state index is 12.2. The molecule has 0 unspecified atom stereocenters. The van der Waals surface area contributed by atoms with Crippen LogP contribution in [0.5, 0.6) is 5.75 Å². The minimum atomic E-state index is 0.0888. The second kappa shape index (κ2) is 5.04. The number of amides is 1. The molecule has 0 atom stereocenters. The van der Waals surface area contributed by atoms with Crippen LogP contribution in [0.1, 0.15) is 32.1 Å². The Hall–Kier alpha value is -1.22. The van der Waals surface area contributed by atoms with Gasteiger partial charge in [-0.3, -0.25) is 4.79 Å². The standard InChI is InChI=1S/C15H18ClNO2/c16-12-5-1-2-6-13(12)19-11-14(18)17-10-9-15(17)7-3-4-8-15/h1-2,5-6H,3-4,7-11H2. The number of carbonyl (C=O) groups is 1. The van der Waals surface area contributed by atoms with Gasteiger partial charge in [0.05, 0.1) is 5.02 Å². The third-order valence-electron chi connectivity index (χ3n) is 4.40. The maximum Gasteiger partial charge on any atom is 0.260 e. The average Bonchev–Trinajstić information content (AvgIpc) is 2.88. The van der Waals surface area contributed by atoms with E-state index in [0.717, 1.165) is 25.8 Å². The monoisotopic (exact) mass is 279 g/mol. The van der Waals surface area contributed by atoms with E-state index in [1.54, 1.807) is 12.1 Å². The van der Waals surface area contributed by atoms with Gasteiger partial charge in [0.15, 0.2) is 6.61 Å². The zero-order chi connectivity index (χ0) is 13.3. The molecule has 3 nitrogen and oxygen atoms in total. The zero-order valence-corrected chi connectivity index (χ0v) is 11.7. The van der Waals surface area contributed by atoms with Gasteiger partial charge in [-0.1, -0.05) is 36.6 Å². The molecule has 0 aromatic heterocycles. The average molecular weight is 280 g/mol. The third kappa shape index (κ3) is 2.32. The molecule has 0 bridgehead atoms. The lowest BCUT2D eigenvalue weighted by Gasteiger charge is -2.51. The lowest BCUT2D eigenvalue weighted by atomic mass is 9.83. The summed E-state index contributed by atoms with van der Waals surface area (Å²) in [6, 6.07) is 7.26. The van der Waals surface area contributed by atoms with Crippen molar-refractivity contribution in [3.8, 4) is 5.75 Å². The second-order valence-corrected chi connectivity index (χ2v) is 5.85. The molecule has 3 rings (SSSR count). The first-order chi connectivity index (χ1) is 9.21. The summed E-state index contributed by atoms with van der Waals surface area (Å²) < 4.78 is 5.54. The van der Waals surface area contributed by atoms with Crippen molar-refractivity contribution < 1.29 is 9.53 Å². The number of rotatable bonds is 3. The van der Waals surface area contributed by atoms with E-state index in [4.69, 9.17) is 16.3 Å². The third-order valence-corrected chi connectivity index (χ3v) is 4.71. The Morgan fingerprint density at radius 3 is 2.63 bits per heavy atom. The van der Waals surface area contributed by atoms with Gasteiger partial charge >= 0.3 is 0 Å². The Bertz CT molecular complexity index is 483. The van der Waals surface area contributed by atoms with Crippen LogP contribution in [-0.2, 0) is 4.79 Å². The molecule has 2 aliphatic rings. The molecule has 2 fully saturated rings. The Morgan fingerprint density at radius 1 is 1.26 bits per heavy atom. The van der Waals surface area contributed by atoms with Crippen molar-refractivity contribution in [3.63, 3.8) is 0 Å². The van der Waals surface area contributed by atoms with Crippen molar-refractivity contribution in [2.45, 2.75) is 37.6 Å². The minimum Gasteiger partial charge on any atom is -0.482 e. The van der Waals surface area contributed by atoms with Crippen LogP contribution in [0.4, 0.5) is 0 Å². The summed E-state index contributed by atoms with van der Waals surface area (Å²) in [5.74, 6) is 0.673. The van der Waals surface area contributed by atoms with E-state index in [9.17, 15) is 4.79 Å². The Balaban J connectivity index is 1.59. The molecule has 0 N–H and O–H groups in total. The molecular formula is C15H18ClNO2. The van der Waals surface area contributed by atoms with Gasteiger partial charge in [0.1, 0.15) is 5.75 Å². The highest BCUT2D eigenvalue weighted by atomic mass is 35.5. The molecule has 1 aromatic rings. The fraction of sp³-hybridized carbons (Fsp3) is 0.533. The molecule has 19 heavy (non-hydrogen) atoms.